The molecule has 7 nitrogen and oxygen atoms in total. The van der Waals surface area contributed by atoms with E-state index in [4.69, 9.17) is 5.11 Å². The van der Waals surface area contributed by atoms with Crippen LogP contribution in [-0.2, 0) is 17.9 Å². The fourth-order valence-corrected chi connectivity index (χ4v) is 3.16. The fourth-order valence-electron chi connectivity index (χ4n) is 2.38. The highest BCUT2D eigenvalue weighted by atomic mass is 32.1. The highest BCUT2D eigenvalue weighted by molar-refractivity contribution is 7.13. The van der Waals surface area contributed by atoms with Gasteiger partial charge in [-0.15, -0.1) is 11.3 Å². The summed E-state index contributed by atoms with van der Waals surface area (Å²) in [5.41, 5.74) is 0.963. The van der Waals surface area contributed by atoms with E-state index >= 15 is 0 Å². The van der Waals surface area contributed by atoms with Crippen LogP contribution in [0.3, 0.4) is 0 Å². The van der Waals surface area contributed by atoms with Gasteiger partial charge in [0.25, 0.3) is 0 Å². The maximum absolute atomic E-state index is 12.4. The van der Waals surface area contributed by atoms with Crippen LogP contribution in [-0.4, -0.2) is 29.1 Å². The van der Waals surface area contributed by atoms with Crippen molar-refractivity contribution < 1.29 is 19.5 Å². The standard InChI is InChI=1S/C19H23N3O4S/c1-12(2)16(22-19(26)21-10-13-6-4-3-5-7-13)17(23)20-11-14-8-9-15(27-14)18(24)25/h3-9,12,16H,10-11H2,1-2H3,(H,20,23)(H,24,25)(H2,21,22,26). The van der Waals surface area contributed by atoms with Crippen LogP contribution in [0.5, 0.6) is 0 Å². The van der Waals surface area contributed by atoms with Gasteiger partial charge in [0.15, 0.2) is 0 Å². The molecule has 0 saturated carbocycles. The van der Waals surface area contributed by atoms with Crippen LogP contribution < -0.4 is 16.0 Å². The Kier molecular flexibility index (Phi) is 7.36. The number of amides is 3. The second kappa shape index (κ2) is 9.72. The zero-order valence-electron chi connectivity index (χ0n) is 15.2. The Bertz CT molecular complexity index is 789. The lowest BCUT2D eigenvalue weighted by atomic mass is 10.0. The Hall–Kier alpha value is -2.87. The number of hydrogen-bond acceptors (Lipinski definition) is 4. The summed E-state index contributed by atoms with van der Waals surface area (Å²) in [6, 6.07) is 11.5. The van der Waals surface area contributed by atoms with Crippen LogP contribution in [0.2, 0.25) is 0 Å². The number of hydrogen-bond donors (Lipinski definition) is 4. The molecule has 1 heterocycles. The van der Waals surface area contributed by atoms with E-state index in [1.165, 1.54) is 6.07 Å². The first-order valence-electron chi connectivity index (χ1n) is 8.55. The molecule has 27 heavy (non-hydrogen) atoms. The molecular formula is C19H23N3O4S. The van der Waals surface area contributed by atoms with E-state index in [9.17, 15) is 14.4 Å². The topological polar surface area (TPSA) is 108 Å². The number of rotatable bonds is 8. The molecule has 0 aliphatic heterocycles. The molecule has 0 aliphatic carbocycles. The smallest absolute Gasteiger partial charge is 0.345 e. The molecule has 0 aliphatic rings. The van der Waals surface area contributed by atoms with Crippen molar-refractivity contribution in [2.24, 2.45) is 5.92 Å². The molecule has 1 atom stereocenters. The van der Waals surface area contributed by atoms with E-state index in [1.54, 1.807) is 6.07 Å². The van der Waals surface area contributed by atoms with Crippen molar-refractivity contribution >= 4 is 29.2 Å². The van der Waals surface area contributed by atoms with Gasteiger partial charge in [0.2, 0.25) is 5.91 Å². The van der Waals surface area contributed by atoms with Crippen molar-refractivity contribution in [1.29, 1.82) is 0 Å². The molecule has 8 heteroatoms. The van der Waals surface area contributed by atoms with E-state index in [1.807, 2.05) is 44.2 Å². The molecule has 0 radical (unpaired) electrons. The summed E-state index contributed by atoms with van der Waals surface area (Å²) in [5, 5.41) is 17.1. The number of carboxylic acids is 1. The van der Waals surface area contributed by atoms with Crippen molar-refractivity contribution in [3.05, 3.63) is 57.8 Å². The molecule has 2 aromatic rings. The summed E-state index contributed by atoms with van der Waals surface area (Å²) in [5.74, 6) is -1.41. The zero-order chi connectivity index (χ0) is 19.8. The average Bonchev–Trinajstić information content (AvgIpc) is 3.12. The lowest BCUT2D eigenvalue weighted by molar-refractivity contribution is -0.124. The first-order valence-corrected chi connectivity index (χ1v) is 9.36. The number of carbonyl (C=O) groups excluding carboxylic acids is 2. The SMILES string of the molecule is CC(C)C(NC(=O)NCc1ccccc1)C(=O)NCc1ccc(C(=O)O)s1. The molecule has 0 bridgehead atoms. The number of aromatic carboxylic acids is 1. The molecule has 144 valence electrons. The predicted octanol–water partition coefficient (Wildman–Crippen LogP) is 2.59. The third-order valence-corrected chi connectivity index (χ3v) is 4.91. The highest BCUT2D eigenvalue weighted by Crippen LogP contribution is 2.16. The second-order valence-electron chi connectivity index (χ2n) is 6.32. The molecule has 1 aromatic heterocycles. The number of carbonyl (C=O) groups is 3. The molecule has 2 rings (SSSR count). The molecule has 3 amide bonds. The highest BCUT2D eigenvalue weighted by Gasteiger charge is 2.24. The summed E-state index contributed by atoms with van der Waals surface area (Å²) >= 11 is 1.11. The first-order chi connectivity index (χ1) is 12.9. The Morgan fingerprint density at radius 2 is 1.70 bits per heavy atom. The molecular weight excluding hydrogens is 366 g/mol. The maximum Gasteiger partial charge on any atom is 0.345 e. The summed E-state index contributed by atoms with van der Waals surface area (Å²) in [4.78, 5) is 36.4. The number of urea groups is 1. The summed E-state index contributed by atoms with van der Waals surface area (Å²) in [6.07, 6.45) is 0. The van der Waals surface area contributed by atoms with Gasteiger partial charge in [0.1, 0.15) is 10.9 Å². The average molecular weight is 389 g/mol. The summed E-state index contributed by atoms with van der Waals surface area (Å²) in [7, 11) is 0. The number of nitrogens with one attached hydrogen (secondary N) is 3. The van der Waals surface area contributed by atoms with E-state index in [2.05, 4.69) is 16.0 Å². The van der Waals surface area contributed by atoms with Gasteiger partial charge < -0.3 is 21.1 Å². The number of benzene rings is 1. The molecule has 0 fully saturated rings. The predicted molar refractivity (Wildman–Crippen MR) is 104 cm³/mol. The zero-order valence-corrected chi connectivity index (χ0v) is 16.0. The Morgan fingerprint density at radius 1 is 1.00 bits per heavy atom. The van der Waals surface area contributed by atoms with Gasteiger partial charge in [-0.3, -0.25) is 4.79 Å². The molecule has 1 unspecified atom stereocenters. The first kappa shape index (κ1) is 20.4. The van der Waals surface area contributed by atoms with Crippen molar-refractivity contribution in [2.45, 2.75) is 33.0 Å². The number of thiophene rings is 1. The van der Waals surface area contributed by atoms with Crippen molar-refractivity contribution in [3.63, 3.8) is 0 Å². The molecule has 0 saturated heterocycles. The van der Waals surface area contributed by atoms with Gasteiger partial charge in [-0.2, -0.15) is 0 Å². The maximum atomic E-state index is 12.4. The molecule has 1 aromatic carbocycles. The van der Waals surface area contributed by atoms with Crippen molar-refractivity contribution in [2.75, 3.05) is 0 Å². The third kappa shape index (κ3) is 6.41. The Balaban J connectivity index is 1.86. The minimum Gasteiger partial charge on any atom is -0.477 e. The van der Waals surface area contributed by atoms with E-state index < -0.39 is 18.0 Å². The van der Waals surface area contributed by atoms with Crippen molar-refractivity contribution in [1.82, 2.24) is 16.0 Å². The van der Waals surface area contributed by atoms with Gasteiger partial charge in [-0.05, 0) is 23.6 Å². The normalized spacial score (nSPS) is 11.7. The van der Waals surface area contributed by atoms with Gasteiger partial charge >= 0.3 is 12.0 Å². The van der Waals surface area contributed by atoms with Gasteiger partial charge in [0.05, 0.1) is 6.54 Å². The van der Waals surface area contributed by atoms with E-state index in [0.717, 1.165) is 21.8 Å². The minimum absolute atomic E-state index is 0.106. The van der Waals surface area contributed by atoms with Crippen molar-refractivity contribution in [3.8, 4) is 0 Å². The van der Waals surface area contributed by atoms with Gasteiger partial charge in [-0.1, -0.05) is 44.2 Å². The minimum atomic E-state index is -0.991. The van der Waals surface area contributed by atoms with Gasteiger partial charge in [-0.25, -0.2) is 9.59 Å². The Labute approximate surface area is 161 Å². The number of carboxylic acid groups (broad SMARTS) is 1. The van der Waals surface area contributed by atoms with E-state index in [0.29, 0.717) is 6.54 Å². The van der Waals surface area contributed by atoms with Crippen LogP contribution in [0.15, 0.2) is 42.5 Å². The summed E-state index contributed by atoms with van der Waals surface area (Å²) < 4.78 is 0. The van der Waals surface area contributed by atoms with Crippen LogP contribution in [0, 0.1) is 5.92 Å². The Morgan fingerprint density at radius 3 is 2.30 bits per heavy atom. The quantitative estimate of drug-likeness (QED) is 0.556. The third-order valence-electron chi connectivity index (χ3n) is 3.84. The molecule has 4 N–H and O–H groups in total. The van der Waals surface area contributed by atoms with Crippen LogP contribution in [0.4, 0.5) is 4.79 Å². The monoisotopic (exact) mass is 389 g/mol. The van der Waals surface area contributed by atoms with E-state index in [-0.39, 0.29) is 23.2 Å². The van der Waals surface area contributed by atoms with Gasteiger partial charge in [0, 0.05) is 11.4 Å². The largest absolute Gasteiger partial charge is 0.477 e. The summed E-state index contributed by atoms with van der Waals surface area (Å²) in [6.45, 7) is 4.27. The lowest BCUT2D eigenvalue weighted by Gasteiger charge is -2.21. The molecule has 0 spiro atoms. The van der Waals surface area contributed by atoms with Crippen LogP contribution >= 0.6 is 11.3 Å². The van der Waals surface area contributed by atoms with Crippen LogP contribution in [0.25, 0.3) is 0 Å². The lowest BCUT2D eigenvalue weighted by Crippen LogP contribution is -2.52. The fraction of sp³-hybridized carbons (Fsp3) is 0.316. The second-order valence-corrected chi connectivity index (χ2v) is 7.49. The van der Waals surface area contributed by atoms with Crippen LogP contribution in [0.1, 0.15) is 34.0 Å².